The van der Waals surface area contributed by atoms with Crippen LogP contribution in [-0.2, 0) is 9.59 Å². The summed E-state index contributed by atoms with van der Waals surface area (Å²) in [6.45, 7) is 2.01. The van der Waals surface area contributed by atoms with Gasteiger partial charge in [-0.05, 0) is 12.8 Å². The minimum atomic E-state index is -0.171. The molecule has 0 amide bonds. The van der Waals surface area contributed by atoms with E-state index in [1.165, 1.54) is 0 Å². The van der Waals surface area contributed by atoms with Crippen LogP contribution in [0.1, 0.15) is 32.6 Å². The molecule has 0 N–H and O–H groups in total. The second kappa shape index (κ2) is 1.93. The molecule has 11 heavy (non-hydrogen) atoms. The predicted octanol–water partition coefficient (Wildman–Crippen LogP) is 1.33. The fourth-order valence-corrected chi connectivity index (χ4v) is 2.28. The molecule has 2 aliphatic rings. The Morgan fingerprint density at radius 1 is 1.45 bits per heavy atom. The molecule has 0 radical (unpaired) electrons. The number of hydrogen-bond donors (Lipinski definition) is 0. The van der Waals surface area contributed by atoms with Crippen molar-refractivity contribution < 1.29 is 9.59 Å². The minimum Gasteiger partial charge on any atom is -0.299 e. The lowest BCUT2D eigenvalue weighted by Gasteiger charge is -2.17. The Morgan fingerprint density at radius 3 is 2.73 bits per heavy atom. The summed E-state index contributed by atoms with van der Waals surface area (Å²) >= 11 is 0. The van der Waals surface area contributed by atoms with Crippen LogP contribution in [0.15, 0.2) is 0 Å². The lowest BCUT2D eigenvalue weighted by molar-refractivity contribution is -0.133. The van der Waals surface area contributed by atoms with Gasteiger partial charge in [-0.25, -0.2) is 0 Å². The highest BCUT2D eigenvalue weighted by Crippen LogP contribution is 2.59. The van der Waals surface area contributed by atoms with Gasteiger partial charge >= 0.3 is 0 Å². The Balaban J connectivity index is 2.25. The van der Waals surface area contributed by atoms with E-state index < -0.39 is 0 Å². The maximum absolute atomic E-state index is 11.4. The van der Waals surface area contributed by atoms with E-state index in [2.05, 4.69) is 0 Å². The highest BCUT2D eigenvalue weighted by Gasteiger charge is 2.62. The quantitative estimate of drug-likeness (QED) is 0.568. The molecule has 2 aliphatic carbocycles. The van der Waals surface area contributed by atoms with Crippen molar-refractivity contribution in [3.8, 4) is 0 Å². The topological polar surface area (TPSA) is 34.1 Å². The number of carbonyl (C=O) groups excluding carboxylic acids is 2. The SMILES string of the molecule is CCC12CC1C(=O)CCC2=O. The first kappa shape index (κ1) is 7.01. The van der Waals surface area contributed by atoms with E-state index in [4.69, 9.17) is 0 Å². The van der Waals surface area contributed by atoms with Crippen LogP contribution in [0, 0.1) is 11.3 Å². The summed E-state index contributed by atoms with van der Waals surface area (Å²) in [5, 5.41) is 0. The van der Waals surface area contributed by atoms with Gasteiger partial charge in [0, 0.05) is 24.2 Å². The average molecular weight is 152 g/mol. The largest absolute Gasteiger partial charge is 0.299 e. The van der Waals surface area contributed by atoms with Crippen LogP contribution >= 0.6 is 0 Å². The Hall–Kier alpha value is -0.660. The molecular formula is C9H12O2. The van der Waals surface area contributed by atoms with Crippen LogP contribution < -0.4 is 0 Å². The highest BCUT2D eigenvalue weighted by molar-refractivity contribution is 6.03. The highest BCUT2D eigenvalue weighted by atomic mass is 16.1. The Kier molecular flexibility index (Phi) is 1.23. The fourth-order valence-electron chi connectivity index (χ4n) is 2.28. The van der Waals surface area contributed by atoms with Gasteiger partial charge in [-0.2, -0.15) is 0 Å². The second-order valence-corrected chi connectivity index (χ2v) is 3.66. The minimum absolute atomic E-state index is 0.119. The lowest BCUT2D eigenvalue weighted by atomic mass is 9.84. The maximum atomic E-state index is 11.4. The molecule has 2 rings (SSSR count). The molecule has 60 valence electrons. The molecule has 0 heterocycles. The molecule has 2 unspecified atom stereocenters. The summed E-state index contributed by atoms with van der Waals surface area (Å²) < 4.78 is 0. The van der Waals surface area contributed by atoms with E-state index in [9.17, 15) is 9.59 Å². The monoisotopic (exact) mass is 152 g/mol. The van der Waals surface area contributed by atoms with Crippen LogP contribution in [0.2, 0.25) is 0 Å². The van der Waals surface area contributed by atoms with Crippen molar-refractivity contribution in [1.82, 2.24) is 0 Å². The first-order valence-corrected chi connectivity index (χ1v) is 4.27. The standard InChI is InChI=1S/C9H12O2/c1-2-9-5-6(9)7(10)3-4-8(9)11/h6H,2-5H2,1H3. The zero-order valence-corrected chi connectivity index (χ0v) is 6.72. The first-order chi connectivity index (χ1) is 5.20. The van der Waals surface area contributed by atoms with Gasteiger partial charge in [0.1, 0.15) is 11.6 Å². The number of ketones is 2. The maximum Gasteiger partial charge on any atom is 0.140 e. The van der Waals surface area contributed by atoms with Crippen molar-refractivity contribution >= 4 is 11.6 Å². The molecule has 2 heteroatoms. The van der Waals surface area contributed by atoms with Gasteiger partial charge in [0.05, 0.1) is 0 Å². The predicted molar refractivity (Wildman–Crippen MR) is 40.1 cm³/mol. The Bertz CT molecular complexity index is 232. The molecule has 0 aliphatic heterocycles. The molecule has 0 aromatic rings. The van der Waals surface area contributed by atoms with E-state index in [1.54, 1.807) is 0 Å². The number of Topliss-reactive ketones (excluding diaryl/α,β-unsaturated/α-hetero) is 2. The van der Waals surface area contributed by atoms with Crippen LogP contribution in [0.5, 0.6) is 0 Å². The number of hydrogen-bond acceptors (Lipinski definition) is 2. The Morgan fingerprint density at radius 2 is 2.18 bits per heavy atom. The van der Waals surface area contributed by atoms with Gasteiger partial charge in [0.25, 0.3) is 0 Å². The van der Waals surface area contributed by atoms with Crippen LogP contribution in [0.25, 0.3) is 0 Å². The number of fused-ring (bicyclic) bond motifs is 1. The van der Waals surface area contributed by atoms with Crippen molar-refractivity contribution in [2.24, 2.45) is 11.3 Å². The van der Waals surface area contributed by atoms with Gasteiger partial charge in [-0.3, -0.25) is 9.59 Å². The van der Waals surface area contributed by atoms with E-state index in [1.807, 2.05) is 6.92 Å². The smallest absolute Gasteiger partial charge is 0.140 e. The van der Waals surface area contributed by atoms with Crippen molar-refractivity contribution in [2.45, 2.75) is 32.6 Å². The third kappa shape index (κ3) is 0.725. The van der Waals surface area contributed by atoms with Crippen LogP contribution in [-0.4, -0.2) is 11.6 Å². The van der Waals surface area contributed by atoms with Gasteiger partial charge in [-0.15, -0.1) is 0 Å². The van der Waals surface area contributed by atoms with Gasteiger partial charge in [0.15, 0.2) is 0 Å². The summed E-state index contributed by atoms with van der Waals surface area (Å²) in [7, 11) is 0. The molecule has 0 aromatic heterocycles. The van der Waals surface area contributed by atoms with E-state index in [0.717, 1.165) is 12.8 Å². The molecule has 0 saturated heterocycles. The molecular weight excluding hydrogens is 140 g/mol. The van der Waals surface area contributed by atoms with Crippen LogP contribution in [0.4, 0.5) is 0 Å². The molecule has 0 spiro atoms. The third-order valence-electron chi connectivity index (χ3n) is 3.25. The van der Waals surface area contributed by atoms with Gasteiger partial charge in [0.2, 0.25) is 0 Å². The lowest BCUT2D eigenvalue weighted by Crippen LogP contribution is -2.26. The molecule has 0 bridgehead atoms. The second-order valence-electron chi connectivity index (χ2n) is 3.66. The fraction of sp³-hybridized carbons (Fsp3) is 0.778. The zero-order valence-electron chi connectivity index (χ0n) is 6.72. The molecule has 2 saturated carbocycles. The molecule has 2 fully saturated rings. The van der Waals surface area contributed by atoms with E-state index in [-0.39, 0.29) is 11.3 Å². The summed E-state index contributed by atoms with van der Waals surface area (Å²) in [5.74, 6) is 0.782. The summed E-state index contributed by atoms with van der Waals surface area (Å²) in [6, 6.07) is 0. The normalized spacial score (nSPS) is 42.1. The van der Waals surface area contributed by atoms with Crippen molar-refractivity contribution in [3.63, 3.8) is 0 Å². The van der Waals surface area contributed by atoms with Gasteiger partial charge < -0.3 is 0 Å². The number of carbonyl (C=O) groups is 2. The average Bonchev–Trinajstić information content (AvgIpc) is 2.74. The summed E-state index contributed by atoms with van der Waals surface area (Å²) in [4.78, 5) is 22.6. The van der Waals surface area contributed by atoms with E-state index >= 15 is 0 Å². The molecule has 2 atom stereocenters. The van der Waals surface area contributed by atoms with Crippen molar-refractivity contribution in [3.05, 3.63) is 0 Å². The van der Waals surface area contributed by atoms with Crippen LogP contribution in [0.3, 0.4) is 0 Å². The summed E-state index contributed by atoms with van der Waals surface area (Å²) in [6.07, 6.45) is 2.72. The molecule has 2 nitrogen and oxygen atoms in total. The Labute approximate surface area is 66.0 Å². The number of rotatable bonds is 1. The van der Waals surface area contributed by atoms with Crippen molar-refractivity contribution in [2.75, 3.05) is 0 Å². The van der Waals surface area contributed by atoms with Crippen molar-refractivity contribution in [1.29, 1.82) is 0 Å². The zero-order chi connectivity index (χ0) is 8.06. The van der Waals surface area contributed by atoms with E-state index in [0.29, 0.717) is 24.4 Å². The third-order valence-corrected chi connectivity index (χ3v) is 3.25. The first-order valence-electron chi connectivity index (χ1n) is 4.27. The molecule has 0 aromatic carbocycles. The van der Waals surface area contributed by atoms with Gasteiger partial charge in [-0.1, -0.05) is 6.92 Å². The summed E-state index contributed by atoms with van der Waals surface area (Å²) in [5.41, 5.74) is -0.171.